The van der Waals surface area contributed by atoms with E-state index in [9.17, 15) is 0 Å². The van der Waals surface area contributed by atoms with Gasteiger partial charge in [-0.2, -0.15) is 5.26 Å². The van der Waals surface area contributed by atoms with Crippen molar-refractivity contribution < 1.29 is 0 Å². The average Bonchev–Trinajstić information content (AvgIpc) is 2.64. The summed E-state index contributed by atoms with van der Waals surface area (Å²) in [6.07, 6.45) is 3.91. The van der Waals surface area contributed by atoms with Crippen LogP contribution in [0.1, 0.15) is 36.6 Å². The molecular weight excluding hydrogens is 218 g/mol. The van der Waals surface area contributed by atoms with Crippen LogP contribution in [0.25, 0.3) is 0 Å². The van der Waals surface area contributed by atoms with Crippen LogP contribution in [0.4, 0.5) is 0 Å². The molecule has 1 N–H and O–H groups in total. The molecule has 0 fully saturated rings. The van der Waals surface area contributed by atoms with Gasteiger partial charge in [-0.05, 0) is 40.2 Å². The average molecular weight is 237 g/mol. The van der Waals surface area contributed by atoms with E-state index in [2.05, 4.69) is 16.4 Å². The fraction of sp³-hybridized carbons (Fsp3) is 0.667. The molecule has 3 nitrogen and oxygen atoms in total. The number of hydrogen-bond acceptors (Lipinski definition) is 4. The van der Waals surface area contributed by atoms with Crippen LogP contribution in [-0.2, 0) is 6.54 Å². The molecule has 1 heterocycles. The lowest BCUT2D eigenvalue weighted by Crippen LogP contribution is -2.17. The second kappa shape index (κ2) is 5.97. The molecule has 0 amide bonds. The van der Waals surface area contributed by atoms with Crippen LogP contribution in [0.15, 0.2) is 6.20 Å². The van der Waals surface area contributed by atoms with Gasteiger partial charge < -0.3 is 5.32 Å². The van der Waals surface area contributed by atoms with Crippen LogP contribution in [0.2, 0.25) is 0 Å². The molecule has 0 saturated heterocycles. The van der Waals surface area contributed by atoms with Crippen LogP contribution >= 0.6 is 11.3 Å². The molecule has 0 bridgehead atoms. The van der Waals surface area contributed by atoms with E-state index in [0.29, 0.717) is 0 Å². The van der Waals surface area contributed by atoms with Gasteiger partial charge >= 0.3 is 0 Å². The highest BCUT2D eigenvalue weighted by Crippen LogP contribution is 2.20. The third-order valence-corrected chi connectivity index (χ3v) is 3.34. The second-order valence-electron chi connectivity index (χ2n) is 4.62. The first kappa shape index (κ1) is 13.1. The van der Waals surface area contributed by atoms with Gasteiger partial charge in [0.2, 0.25) is 0 Å². The number of nitrogens with one attached hydrogen (secondary N) is 1. The highest BCUT2D eigenvalue weighted by atomic mass is 32.1. The molecule has 4 heteroatoms. The molecule has 0 unspecified atom stereocenters. The van der Waals surface area contributed by atoms with E-state index >= 15 is 0 Å². The molecular formula is C12H19N3S. The zero-order valence-corrected chi connectivity index (χ0v) is 11.0. The molecule has 0 aromatic carbocycles. The van der Waals surface area contributed by atoms with E-state index in [1.165, 1.54) is 4.88 Å². The largest absolute Gasteiger partial charge is 0.312 e. The fourth-order valence-electron chi connectivity index (χ4n) is 1.41. The van der Waals surface area contributed by atoms with Crippen LogP contribution < -0.4 is 5.32 Å². The van der Waals surface area contributed by atoms with Crippen LogP contribution in [0.3, 0.4) is 0 Å². The predicted molar refractivity (Wildman–Crippen MR) is 67.2 cm³/mol. The number of aryl methyl sites for hydroxylation is 1. The molecule has 0 aliphatic carbocycles. The minimum absolute atomic E-state index is 0.192. The van der Waals surface area contributed by atoms with Crippen molar-refractivity contribution in [2.45, 2.75) is 40.2 Å². The van der Waals surface area contributed by atoms with Crippen LogP contribution in [0, 0.1) is 23.7 Å². The molecule has 0 saturated carbocycles. The summed E-state index contributed by atoms with van der Waals surface area (Å²) in [5.41, 5.74) is -0.192. The summed E-state index contributed by atoms with van der Waals surface area (Å²) in [4.78, 5) is 5.48. The van der Waals surface area contributed by atoms with Gasteiger partial charge in [-0.25, -0.2) is 4.98 Å². The van der Waals surface area contributed by atoms with Crippen molar-refractivity contribution in [1.29, 1.82) is 5.26 Å². The van der Waals surface area contributed by atoms with Crippen molar-refractivity contribution in [3.05, 3.63) is 16.1 Å². The van der Waals surface area contributed by atoms with E-state index in [1.807, 2.05) is 27.0 Å². The smallest absolute Gasteiger partial charge is 0.0897 e. The highest BCUT2D eigenvalue weighted by Gasteiger charge is 2.15. The van der Waals surface area contributed by atoms with Crippen molar-refractivity contribution in [2.75, 3.05) is 6.54 Å². The van der Waals surface area contributed by atoms with Crippen molar-refractivity contribution in [2.24, 2.45) is 5.41 Å². The van der Waals surface area contributed by atoms with E-state index in [4.69, 9.17) is 5.26 Å². The molecule has 1 aromatic heterocycles. The van der Waals surface area contributed by atoms with Gasteiger partial charge in [-0.3, -0.25) is 0 Å². The molecule has 0 radical (unpaired) electrons. The van der Waals surface area contributed by atoms with E-state index in [-0.39, 0.29) is 5.41 Å². The van der Waals surface area contributed by atoms with Gasteiger partial charge in [0, 0.05) is 17.6 Å². The first-order valence-corrected chi connectivity index (χ1v) is 6.38. The Morgan fingerprint density at radius 3 is 2.88 bits per heavy atom. The fourth-order valence-corrected chi connectivity index (χ4v) is 2.17. The number of nitrogens with zero attached hydrogens (tertiary/aromatic N) is 2. The lowest BCUT2D eigenvalue weighted by atomic mass is 9.90. The zero-order valence-electron chi connectivity index (χ0n) is 10.2. The third-order valence-electron chi connectivity index (χ3n) is 2.43. The summed E-state index contributed by atoms with van der Waals surface area (Å²) < 4.78 is 0. The van der Waals surface area contributed by atoms with Gasteiger partial charge in [0.15, 0.2) is 0 Å². The van der Waals surface area contributed by atoms with E-state index in [1.54, 1.807) is 11.3 Å². The summed E-state index contributed by atoms with van der Waals surface area (Å²) in [6, 6.07) is 2.32. The number of thiazole rings is 1. The number of rotatable bonds is 6. The predicted octanol–water partition coefficient (Wildman–Crippen LogP) is 2.87. The Morgan fingerprint density at radius 1 is 1.56 bits per heavy atom. The lowest BCUT2D eigenvalue weighted by molar-refractivity contribution is 0.426. The summed E-state index contributed by atoms with van der Waals surface area (Å²) in [5, 5.41) is 13.3. The summed E-state index contributed by atoms with van der Waals surface area (Å²) >= 11 is 1.73. The maximum Gasteiger partial charge on any atom is 0.0897 e. The molecule has 88 valence electrons. The summed E-state index contributed by atoms with van der Waals surface area (Å²) in [6.45, 7) is 7.84. The maximum atomic E-state index is 8.85. The summed E-state index contributed by atoms with van der Waals surface area (Å²) in [7, 11) is 0. The Hall–Kier alpha value is -0.920. The Balaban J connectivity index is 2.11. The standard InChI is InChI=1S/C12H19N3S/c1-10-15-8-11(16-10)7-14-6-4-5-12(2,3)9-13/h8,14H,4-7H2,1-3H3. The monoisotopic (exact) mass is 237 g/mol. The molecule has 0 aliphatic heterocycles. The van der Waals surface area contributed by atoms with Gasteiger partial charge in [0.05, 0.1) is 16.5 Å². The minimum atomic E-state index is -0.192. The first-order valence-electron chi connectivity index (χ1n) is 5.57. The van der Waals surface area contributed by atoms with Gasteiger partial charge in [-0.1, -0.05) is 0 Å². The van der Waals surface area contributed by atoms with Crippen molar-refractivity contribution in [3.8, 4) is 6.07 Å². The molecule has 0 spiro atoms. The number of nitriles is 1. The van der Waals surface area contributed by atoms with E-state index < -0.39 is 0 Å². The Bertz CT molecular complexity index is 363. The van der Waals surface area contributed by atoms with Crippen molar-refractivity contribution in [3.63, 3.8) is 0 Å². The quantitative estimate of drug-likeness (QED) is 0.774. The van der Waals surface area contributed by atoms with Crippen molar-refractivity contribution in [1.82, 2.24) is 10.3 Å². The van der Waals surface area contributed by atoms with Crippen molar-refractivity contribution >= 4 is 11.3 Å². The second-order valence-corrected chi connectivity index (χ2v) is 5.94. The summed E-state index contributed by atoms with van der Waals surface area (Å²) in [5.74, 6) is 0. The maximum absolute atomic E-state index is 8.85. The first-order chi connectivity index (χ1) is 7.53. The van der Waals surface area contributed by atoms with E-state index in [0.717, 1.165) is 30.9 Å². The number of aromatic nitrogens is 1. The lowest BCUT2D eigenvalue weighted by Gasteiger charge is -2.14. The highest BCUT2D eigenvalue weighted by molar-refractivity contribution is 7.11. The normalized spacial score (nSPS) is 11.4. The minimum Gasteiger partial charge on any atom is -0.312 e. The molecule has 16 heavy (non-hydrogen) atoms. The Labute approximate surface area is 102 Å². The third kappa shape index (κ3) is 4.73. The van der Waals surface area contributed by atoms with Gasteiger partial charge in [-0.15, -0.1) is 11.3 Å². The number of hydrogen-bond donors (Lipinski definition) is 1. The SMILES string of the molecule is Cc1ncc(CNCCCC(C)(C)C#N)s1. The van der Waals surface area contributed by atoms with Gasteiger partial charge in [0.25, 0.3) is 0 Å². The zero-order chi connectivity index (χ0) is 12.0. The Kier molecular flexibility index (Phi) is 4.91. The topological polar surface area (TPSA) is 48.7 Å². The Morgan fingerprint density at radius 2 is 2.31 bits per heavy atom. The molecule has 1 aromatic rings. The van der Waals surface area contributed by atoms with Crippen LogP contribution in [-0.4, -0.2) is 11.5 Å². The molecule has 0 aliphatic rings. The van der Waals surface area contributed by atoms with Gasteiger partial charge in [0.1, 0.15) is 0 Å². The molecule has 0 atom stereocenters. The van der Waals surface area contributed by atoms with Crippen LogP contribution in [0.5, 0.6) is 0 Å². The molecule has 1 rings (SSSR count).